The van der Waals surface area contributed by atoms with Crippen LogP contribution < -0.4 is 5.56 Å². The molecule has 2 rings (SSSR count). The van der Waals surface area contributed by atoms with Gasteiger partial charge < -0.3 is 4.98 Å². The highest BCUT2D eigenvalue weighted by molar-refractivity contribution is 6.18. The smallest absolute Gasteiger partial charge is 0.266 e. The molecule has 0 bridgehead atoms. The van der Waals surface area contributed by atoms with Crippen LogP contribution in [0.3, 0.4) is 0 Å². The van der Waals surface area contributed by atoms with E-state index < -0.39 is 0 Å². The lowest BCUT2D eigenvalue weighted by Gasteiger charge is -2.04. The highest BCUT2D eigenvalue weighted by Crippen LogP contribution is 2.19. The van der Waals surface area contributed by atoms with Gasteiger partial charge in [0.15, 0.2) is 0 Å². The monoisotopic (exact) mass is 218 g/mol. The van der Waals surface area contributed by atoms with E-state index in [1.807, 2.05) is 24.3 Å². The summed E-state index contributed by atoms with van der Waals surface area (Å²) < 4.78 is 0. The molecular formula is C11H7ClN2O. The van der Waals surface area contributed by atoms with Crippen molar-refractivity contribution in [3.8, 4) is 6.07 Å². The van der Waals surface area contributed by atoms with Crippen LogP contribution in [0.1, 0.15) is 11.1 Å². The molecule has 4 heteroatoms. The molecule has 0 aliphatic heterocycles. The van der Waals surface area contributed by atoms with Crippen molar-refractivity contribution in [1.29, 1.82) is 5.26 Å². The van der Waals surface area contributed by atoms with Crippen LogP contribution in [0.15, 0.2) is 29.1 Å². The van der Waals surface area contributed by atoms with Crippen LogP contribution in [-0.4, -0.2) is 4.98 Å². The molecule has 0 saturated carbocycles. The number of rotatable bonds is 1. The number of benzene rings is 1. The van der Waals surface area contributed by atoms with Crippen molar-refractivity contribution in [3.63, 3.8) is 0 Å². The highest BCUT2D eigenvalue weighted by Gasteiger charge is 2.10. The molecular weight excluding hydrogens is 212 g/mol. The summed E-state index contributed by atoms with van der Waals surface area (Å²) in [5, 5.41) is 9.68. The number of aromatic nitrogens is 1. The van der Waals surface area contributed by atoms with Crippen LogP contribution in [-0.2, 0) is 5.88 Å². The van der Waals surface area contributed by atoms with Crippen molar-refractivity contribution in [2.75, 3.05) is 0 Å². The zero-order valence-corrected chi connectivity index (χ0v) is 8.51. The summed E-state index contributed by atoms with van der Waals surface area (Å²) in [6, 6.07) is 9.17. The van der Waals surface area contributed by atoms with Crippen LogP contribution in [0.4, 0.5) is 0 Å². The first-order valence-electron chi connectivity index (χ1n) is 4.38. The van der Waals surface area contributed by atoms with E-state index >= 15 is 0 Å². The number of H-pyrrole nitrogens is 1. The second-order valence-electron chi connectivity index (χ2n) is 3.10. The largest absolute Gasteiger partial charge is 0.321 e. The standard InChI is InChI=1S/C11H7ClN2O/c12-5-8-7-3-1-2-4-10(7)14-11(15)9(8)6-13/h1-4H,5H2,(H,14,15). The van der Waals surface area contributed by atoms with Gasteiger partial charge in [-0.05, 0) is 11.6 Å². The van der Waals surface area contributed by atoms with E-state index in [1.54, 1.807) is 6.07 Å². The zero-order valence-electron chi connectivity index (χ0n) is 7.75. The van der Waals surface area contributed by atoms with E-state index in [4.69, 9.17) is 16.9 Å². The Bertz CT molecular complexity index is 610. The summed E-state index contributed by atoms with van der Waals surface area (Å²) in [4.78, 5) is 14.2. The van der Waals surface area contributed by atoms with Gasteiger partial charge in [0.1, 0.15) is 11.6 Å². The number of pyridine rings is 1. The molecule has 0 fully saturated rings. The number of nitriles is 1. The Balaban J connectivity index is 2.99. The third-order valence-electron chi connectivity index (χ3n) is 2.27. The molecule has 1 heterocycles. The number of alkyl halides is 1. The number of nitrogens with zero attached hydrogens (tertiary/aromatic N) is 1. The van der Waals surface area contributed by atoms with Gasteiger partial charge in [0.05, 0.1) is 0 Å². The average molecular weight is 219 g/mol. The number of para-hydroxylation sites is 1. The molecule has 2 aromatic rings. The predicted octanol–water partition coefficient (Wildman–Crippen LogP) is 2.14. The molecule has 0 radical (unpaired) electrons. The fourth-order valence-electron chi connectivity index (χ4n) is 1.57. The lowest BCUT2D eigenvalue weighted by molar-refractivity contribution is 1.23. The average Bonchev–Trinajstić information content (AvgIpc) is 2.27. The first kappa shape index (κ1) is 9.75. The summed E-state index contributed by atoms with van der Waals surface area (Å²) in [5.41, 5.74) is 1.02. The number of halogens is 1. The minimum absolute atomic E-state index is 0.101. The van der Waals surface area contributed by atoms with Gasteiger partial charge in [-0.15, -0.1) is 11.6 Å². The molecule has 3 nitrogen and oxygen atoms in total. The lowest BCUT2D eigenvalue weighted by Crippen LogP contribution is -2.13. The highest BCUT2D eigenvalue weighted by atomic mass is 35.5. The molecule has 0 unspecified atom stereocenters. The van der Waals surface area contributed by atoms with Crippen molar-refractivity contribution in [1.82, 2.24) is 4.98 Å². The van der Waals surface area contributed by atoms with Gasteiger partial charge in [-0.3, -0.25) is 4.79 Å². The van der Waals surface area contributed by atoms with Crippen molar-refractivity contribution < 1.29 is 0 Å². The third-order valence-corrected chi connectivity index (χ3v) is 2.54. The summed E-state index contributed by atoms with van der Waals surface area (Å²) in [5.74, 6) is 0.160. The first-order valence-corrected chi connectivity index (χ1v) is 4.91. The Morgan fingerprint density at radius 1 is 1.40 bits per heavy atom. The minimum Gasteiger partial charge on any atom is -0.321 e. The number of fused-ring (bicyclic) bond motifs is 1. The van der Waals surface area contributed by atoms with Crippen LogP contribution in [0.2, 0.25) is 0 Å². The van der Waals surface area contributed by atoms with E-state index in [-0.39, 0.29) is 17.0 Å². The molecule has 1 aromatic heterocycles. The minimum atomic E-state index is -0.383. The van der Waals surface area contributed by atoms with E-state index in [0.717, 1.165) is 5.39 Å². The van der Waals surface area contributed by atoms with Crippen molar-refractivity contribution in [2.45, 2.75) is 5.88 Å². The van der Waals surface area contributed by atoms with Crippen molar-refractivity contribution >= 4 is 22.5 Å². The summed E-state index contributed by atoms with van der Waals surface area (Å²) in [6.45, 7) is 0. The van der Waals surface area contributed by atoms with Crippen molar-refractivity contribution in [3.05, 3.63) is 45.7 Å². The van der Waals surface area contributed by atoms with Gasteiger partial charge in [0.25, 0.3) is 5.56 Å². The summed E-state index contributed by atoms with van der Waals surface area (Å²) in [7, 11) is 0. The maximum atomic E-state index is 11.5. The van der Waals surface area contributed by atoms with Gasteiger partial charge in [-0.2, -0.15) is 5.26 Å². The van der Waals surface area contributed by atoms with Gasteiger partial charge in [-0.1, -0.05) is 18.2 Å². The number of nitrogens with one attached hydrogen (secondary N) is 1. The molecule has 0 amide bonds. The first-order chi connectivity index (χ1) is 7.27. The van der Waals surface area contributed by atoms with Gasteiger partial charge in [-0.25, -0.2) is 0 Å². The molecule has 0 aliphatic rings. The van der Waals surface area contributed by atoms with Gasteiger partial charge >= 0.3 is 0 Å². The molecule has 1 aromatic carbocycles. The van der Waals surface area contributed by atoms with E-state index in [1.165, 1.54) is 0 Å². The molecule has 15 heavy (non-hydrogen) atoms. The molecule has 0 aliphatic carbocycles. The summed E-state index contributed by atoms with van der Waals surface area (Å²) in [6.07, 6.45) is 0. The predicted molar refractivity (Wildman–Crippen MR) is 58.8 cm³/mol. The van der Waals surface area contributed by atoms with Crippen LogP contribution in [0, 0.1) is 11.3 Å². The Hall–Kier alpha value is -1.79. The molecule has 1 N–H and O–H groups in total. The van der Waals surface area contributed by atoms with E-state index in [0.29, 0.717) is 11.1 Å². The lowest BCUT2D eigenvalue weighted by atomic mass is 10.1. The Kier molecular flexibility index (Phi) is 2.44. The second-order valence-corrected chi connectivity index (χ2v) is 3.37. The second kappa shape index (κ2) is 3.76. The zero-order chi connectivity index (χ0) is 10.8. The van der Waals surface area contributed by atoms with Crippen LogP contribution >= 0.6 is 11.6 Å². The SMILES string of the molecule is N#Cc1c(CCl)c2ccccc2[nH]c1=O. The van der Waals surface area contributed by atoms with E-state index in [2.05, 4.69) is 4.98 Å². The number of hydrogen-bond acceptors (Lipinski definition) is 2. The molecule has 74 valence electrons. The molecule has 0 saturated heterocycles. The quantitative estimate of drug-likeness (QED) is 0.746. The molecule has 0 spiro atoms. The fourth-order valence-corrected chi connectivity index (χ4v) is 1.85. The fraction of sp³-hybridized carbons (Fsp3) is 0.0909. The Morgan fingerprint density at radius 3 is 2.80 bits per heavy atom. The topological polar surface area (TPSA) is 56.6 Å². The number of aromatic amines is 1. The summed E-state index contributed by atoms with van der Waals surface area (Å²) >= 11 is 5.76. The number of hydrogen-bond donors (Lipinski definition) is 1. The van der Waals surface area contributed by atoms with Crippen molar-refractivity contribution in [2.24, 2.45) is 0 Å². The Labute approximate surface area is 90.9 Å². The maximum absolute atomic E-state index is 11.5. The molecule has 0 atom stereocenters. The Morgan fingerprint density at radius 2 is 2.13 bits per heavy atom. The van der Waals surface area contributed by atoms with Gasteiger partial charge in [0.2, 0.25) is 0 Å². The normalized spacial score (nSPS) is 10.1. The third kappa shape index (κ3) is 1.49. The van der Waals surface area contributed by atoms with Gasteiger partial charge in [0, 0.05) is 16.8 Å². The van der Waals surface area contributed by atoms with Crippen LogP contribution in [0.5, 0.6) is 0 Å². The van der Waals surface area contributed by atoms with E-state index in [9.17, 15) is 4.79 Å². The maximum Gasteiger partial charge on any atom is 0.266 e. The van der Waals surface area contributed by atoms with Crippen LogP contribution in [0.25, 0.3) is 10.9 Å².